The molecule has 416 valence electrons. The predicted molar refractivity (Wildman–Crippen MR) is 225 cm³/mol. The highest BCUT2D eigenvalue weighted by Crippen LogP contribution is 2.42. The highest BCUT2D eigenvalue weighted by Gasteiger charge is 2.52. The fourth-order valence-corrected chi connectivity index (χ4v) is 9.45. The summed E-state index contributed by atoms with van der Waals surface area (Å²) in [6.45, 7) is 14.0. The third-order valence-corrected chi connectivity index (χ3v) is 12.5. The SMILES string of the molecule is C=CC[NH+](CC=C)CC=C.Fc1c(F)c(F)c2c([B-](c3c(F)c(F)c(F)c4c(F)c(F)c(F)c(F)c34)(c3c(F)c(F)c(F)c4c(F)c(F)c(F)c(F)c34)c3c(F)c(F)c(F)c4c(F)c(F)c(F)c(F)c34)c(F)c(F)c(F)c2c1F. The summed E-state index contributed by atoms with van der Waals surface area (Å²) >= 11 is 0. The molecule has 0 amide bonds. The first-order valence-electron chi connectivity index (χ1n) is 21.0. The van der Waals surface area contributed by atoms with E-state index in [2.05, 4.69) is 19.7 Å². The predicted octanol–water partition coefficient (Wildman–Crippen LogP) is 12.0. The molecule has 0 saturated heterocycles. The van der Waals surface area contributed by atoms with E-state index in [1.54, 1.807) is 0 Å². The molecule has 0 bridgehead atoms. The van der Waals surface area contributed by atoms with Crippen LogP contribution in [-0.4, -0.2) is 25.8 Å². The van der Waals surface area contributed by atoms with Gasteiger partial charge in [0.05, 0.1) is 41.2 Å². The molecule has 0 heterocycles. The van der Waals surface area contributed by atoms with Gasteiger partial charge in [-0.15, -0.1) is 21.9 Å². The highest BCUT2D eigenvalue weighted by molar-refractivity contribution is 7.23. The lowest BCUT2D eigenvalue weighted by Gasteiger charge is -2.47. The van der Waals surface area contributed by atoms with Crippen LogP contribution in [0.5, 0.6) is 0 Å². The Morgan fingerprint density at radius 1 is 0.203 bits per heavy atom. The van der Waals surface area contributed by atoms with Crippen LogP contribution in [0.15, 0.2) is 38.0 Å². The second-order valence-electron chi connectivity index (χ2n) is 16.5. The first-order chi connectivity index (χ1) is 36.8. The molecule has 0 spiro atoms. The van der Waals surface area contributed by atoms with Crippen LogP contribution >= 0.6 is 0 Å². The fourth-order valence-electron chi connectivity index (χ4n) is 9.45. The third-order valence-electron chi connectivity index (χ3n) is 12.5. The van der Waals surface area contributed by atoms with Crippen LogP contribution in [0.25, 0.3) is 43.1 Å². The van der Waals surface area contributed by atoms with E-state index in [0.29, 0.717) is 0 Å². The molecule has 0 aromatic heterocycles. The number of quaternary nitrogens is 1. The van der Waals surface area contributed by atoms with Gasteiger partial charge in [-0.25, -0.2) is 123 Å². The van der Waals surface area contributed by atoms with Gasteiger partial charge in [-0.1, -0.05) is 19.7 Å². The molecule has 0 fully saturated rings. The average Bonchev–Trinajstić information content (AvgIpc) is 3.02. The van der Waals surface area contributed by atoms with Gasteiger partial charge in [-0.05, 0) is 39.8 Å². The van der Waals surface area contributed by atoms with Crippen molar-refractivity contribution in [3.8, 4) is 0 Å². The van der Waals surface area contributed by atoms with Crippen LogP contribution < -0.4 is 26.8 Å². The molecule has 8 rings (SSSR count). The minimum absolute atomic E-state index is 0.984. The molecule has 79 heavy (non-hydrogen) atoms. The van der Waals surface area contributed by atoms with Gasteiger partial charge in [-0.3, -0.25) is 0 Å². The Hall–Kier alpha value is -7.92. The Morgan fingerprint density at radius 3 is 0.468 bits per heavy atom. The van der Waals surface area contributed by atoms with Crippen molar-refractivity contribution in [3.63, 3.8) is 0 Å². The summed E-state index contributed by atoms with van der Waals surface area (Å²) in [7, 11) is 0. The molecule has 1 N–H and O–H groups in total. The molecule has 0 unspecified atom stereocenters. The van der Waals surface area contributed by atoms with Gasteiger partial charge >= 0.3 is 0 Å². The lowest BCUT2D eigenvalue weighted by Crippen LogP contribution is -3.11. The quantitative estimate of drug-likeness (QED) is 0.0458. The minimum atomic E-state index is -8.05. The second-order valence-corrected chi connectivity index (χ2v) is 16.5. The number of fused-ring (bicyclic) bond motifs is 4. The van der Waals surface area contributed by atoms with E-state index in [4.69, 9.17) is 0 Å². The number of benzene rings is 8. The van der Waals surface area contributed by atoms with E-state index in [-0.39, 0.29) is 0 Å². The maximum absolute atomic E-state index is 17.3. The smallest absolute Gasteiger partial charge is 0.198 e. The van der Waals surface area contributed by atoms with Crippen LogP contribution in [0.1, 0.15) is 0 Å². The van der Waals surface area contributed by atoms with Gasteiger partial charge in [-0.2, -0.15) is 0 Å². The number of hydrogen-bond acceptors (Lipinski definition) is 0. The Balaban J connectivity index is 0.000000821. The van der Waals surface area contributed by atoms with Gasteiger partial charge in [0.15, 0.2) is 140 Å². The Labute approximate surface area is 419 Å². The van der Waals surface area contributed by atoms with Crippen molar-refractivity contribution in [2.75, 3.05) is 19.6 Å². The Morgan fingerprint density at radius 2 is 0.329 bits per heavy atom. The van der Waals surface area contributed by atoms with Crippen LogP contribution in [0.4, 0.5) is 123 Å². The zero-order valence-corrected chi connectivity index (χ0v) is 37.6. The first kappa shape index (κ1) is 58.8. The van der Waals surface area contributed by atoms with Gasteiger partial charge in [0, 0.05) is 0 Å². The standard InChI is InChI=1S/C40BF28.C9H15N/c42-13-1-5(21(50)37(66)33(13)62)17(46)29(58)25(54)9(1)41(10-2-6(18(47)30(59)26(10)55)22(51)38(67)34(63)14(2)43,11-3-7(19(48)31(60)27(11)56)23(52)39(68)35(64)15(3)44)12-4-8(20(49)32(61)28(12)57)24(53)40(69)36(65)16(4)45;1-4-7-10(8-5-2)9-6-3/h;4-6H,1-3,7-9H2/q-1;/p+1. The van der Waals surface area contributed by atoms with Crippen LogP contribution in [0, 0.1) is 163 Å². The molecule has 0 saturated carbocycles. The van der Waals surface area contributed by atoms with E-state index < -0.39 is 234 Å². The molecule has 0 aliphatic heterocycles. The summed E-state index contributed by atoms with van der Waals surface area (Å²) in [4.78, 5) is 1.43. The topological polar surface area (TPSA) is 4.44 Å². The number of rotatable bonds is 10. The molecule has 8 aromatic carbocycles. The van der Waals surface area contributed by atoms with E-state index >= 15 is 105 Å². The van der Waals surface area contributed by atoms with E-state index in [1.165, 1.54) is 4.90 Å². The molecular weight excluding hydrogens is 1150 g/mol. The second kappa shape index (κ2) is 20.7. The van der Waals surface area contributed by atoms with E-state index in [1.807, 2.05) is 18.2 Å². The van der Waals surface area contributed by atoms with Gasteiger partial charge in [0.25, 0.3) is 0 Å². The summed E-state index contributed by atoms with van der Waals surface area (Å²) in [5.74, 6) is -104. The molecule has 1 nitrogen and oxygen atoms in total. The van der Waals surface area contributed by atoms with Crippen molar-refractivity contribution in [3.05, 3.63) is 201 Å². The van der Waals surface area contributed by atoms with Crippen molar-refractivity contribution >= 4 is 71.1 Å². The zero-order chi connectivity index (χ0) is 59.4. The van der Waals surface area contributed by atoms with Crippen molar-refractivity contribution in [2.45, 2.75) is 0 Å². The van der Waals surface area contributed by atoms with Crippen molar-refractivity contribution in [1.29, 1.82) is 0 Å². The first-order valence-corrected chi connectivity index (χ1v) is 21.0. The van der Waals surface area contributed by atoms with E-state index in [0.717, 1.165) is 19.6 Å². The van der Waals surface area contributed by atoms with Crippen molar-refractivity contribution < 1.29 is 128 Å². The van der Waals surface area contributed by atoms with Crippen LogP contribution in [0.2, 0.25) is 0 Å². The lowest BCUT2D eigenvalue weighted by atomic mass is 9.11. The average molecular weight is 1160 g/mol. The maximum Gasteiger partial charge on any atom is 0.198 e. The maximum atomic E-state index is 17.3. The van der Waals surface area contributed by atoms with Crippen molar-refractivity contribution in [1.82, 2.24) is 0 Å². The van der Waals surface area contributed by atoms with Gasteiger partial charge in [0.2, 0.25) is 0 Å². The minimum Gasteiger partial charge on any atom is -0.325 e. The molecule has 30 heteroatoms. The van der Waals surface area contributed by atoms with Gasteiger partial charge < -0.3 is 4.90 Å². The lowest BCUT2D eigenvalue weighted by molar-refractivity contribution is -0.881. The summed E-state index contributed by atoms with van der Waals surface area (Å²) < 4.78 is 446. The monoisotopic (exact) mass is 1160 g/mol. The largest absolute Gasteiger partial charge is 0.325 e. The highest BCUT2D eigenvalue weighted by atomic mass is 19.2. The summed E-state index contributed by atoms with van der Waals surface area (Å²) in [5, 5.41) is -27.0. The summed E-state index contributed by atoms with van der Waals surface area (Å²) in [5.41, 5.74) is -15.5. The fraction of sp³-hybridized carbons (Fsp3) is 0.0612. The number of halogens is 28. The van der Waals surface area contributed by atoms with Crippen LogP contribution in [0.3, 0.4) is 0 Å². The van der Waals surface area contributed by atoms with Crippen molar-refractivity contribution in [2.24, 2.45) is 0 Å². The molecule has 0 radical (unpaired) electrons. The number of nitrogens with one attached hydrogen (secondary N) is 1. The zero-order valence-electron chi connectivity index (χ0n) is 37.6. The molecular formula is C49H16BF28N. The van der Waals surface area contributed by atoms with Gasteiger partial charge in [0.1, 0.15) is 29.4 Å². The third kappa shape index (κ3) is 8.03. The van der Waals surface area contributed by atoms with E-state index in [9.17, 15) is 17.6 Å². The molecule has 0 aliphatic carbocycles. The van der Waals surface area contributed by atoms with Crippen LogP contribution in [-0.2, 0) is 0 Å². The summed E-state index contributed by atoms with van der Waals surface area (Å²) in [6.07, 6.45) is -2.29. The Bertz CT molecular complexity index is 3510. The molecule has 0 atom stereocenters. The molecule has 0 aliphatic rings. The normalized spacial score (nSPS) is 12.0. The Kier molecular flexibility index (Phi) is 15.4. The number of hydrogen-bond donors (Lipinski definition) is 1. The summed E-state index contributed by atoms with van der Waals surface area (Å²) in [6, 6.07) is 0. The molecule has 8 aromatic rings.